The minimum Gasteiger partial charge on any atom is -0.458 e. The summed E-state index contributed by atoms with van der Waals surface area (Å²) in [6, 6.07) is 12.0. The zero-order chi connectivity index (χ0) is 17.1. The smallest absolute Gasteiger partial charge is 0.273 e. The Balaban J connectivity index is 1.68. The number of amides is 1. The topological polar surface area (TPSA) is 85.4 Å². The number of furan rings is 1. The first kappa shape index (κ1) is 15.9. The fourth-order valence-electron chi connectivity index (χ4n) is 2.24. The van der Waals surface area contributed by atoms with Gasteiger partial charge in [-0.15, -0.1) is 11.3 Å². The maximum absolute atomic E-state index is 12.2. The van der Waals surface area contributed by atoms with E-state index in [4.69, 9.17) is 4.42 Å². The largest absolute Gasteiger partial charge is 0.458 e. The zero-order valence-electron chi connectivity index (χ0n) is 12.8. The SMILES string of the molecule is Cc1ccc(C(=O)NCc2ccc(-c3cccs3)o2)cc1[N+](=O)[O-]. The van der Waals surface area contributed by atoms with Crippen LogP contribution in [0.2, 0.25) is 0 Å². The lowest BCUT2D eigenvalue weighted by atomic mass is 10.1. The van der Waals surface area contributed by atoms with Crippen molar-refractivity contribution in [3.63, 3.8) is 0 Å². The van der Waals surface area contributed by atoms with Crippen LogP contribution in [0.25, 0.3) is 10.6 Å². The first-order valence-corrected chi connectivity index (χ1v) is 8.08. The van der Waals surface area contributed by atoms with Crippen molar-refractivity contribution in [3.8, 4) is 10.6 Å². The molecule has 1 aromatic carbocycles. The molecule has 6 nitrogen and oxygen atoms in total. The number of nitro groups is 1. The number of nitro benzene ring substituents is 1. The number of aryl methyl sites for hydroxylation is 1. The van der Waals surface area contributed by atoms with E-state index in [0.29, 0.717) is 11.3 Å². The van der Waals surface area contributed by atoms with Gasteiger partial charge in [-0.25, -0.2) is 0 Å². The van der Waals surface area contributed by atoms with Gasteiger partial charge < -0.3 is 9.73 Å². The van der Waals surface area contributed by atoms with Crippen LogP contribution in [0.3, 0.4) is 0 Å². The summed E-state index contributed by atoms with van der Waals surface area (Å²) in [4.78, 5) is 23.6. The quantitative estimate of drug-likeness (QED) is 0.557. The number of nitrogens with one attached hydrogen (secondary N) is 1. The molecule has 0 unspecified atom stereocenters. The van der Waals surface area contributed by atoms with Crippen LogP contribution < -0.4 is 5.32 Å². The minimum atomic E-state index is -0.494. The lowest BCUT2D eigenvalue weighted by Gasteiger charge is -2.04. The summed E-state index contributed by atoms with van der Waals surface area (Å²) in [6.07, 6.45) is 0. The Morgan fingerprint density at radius 3 is 2.83 bits per heavy atom. The number of nitrogens with zero attached hydrogens (tertiary/aromatic N) is 1. The first-order valence-electron chi connectivity index (χ1n) is 7.20. The molecule has 1 N–H and O–H groups in total. The summed E-state index contributed by atoms with van der Waals surface area (Å²) in [5.41, 5.74) is 0.696. The molecule has 0 saturated heterocycles. The molecule has 122 valence electrons. The molecule has 0 fully saturated rings. The predicted octanol–water partition coefficient (Wildman–Crippen LogP) is 4.15. The van der Waals surface area contributed by atoms with Gasteiger partial charge in [-0.2, -0.15) is 0 Å². The van der Waals surface area contributed by atoms with Crippen LogP contribution >= 0.6 is 11.3 Å². The molecule has 0 radical (unpaired) electrons. The van der Waals surface area contributed by atoms with E-state index in [-0.39, 0.29) is 23.7 Å². The van der Waals surface area contributed by atoms with E-state index >= 15 is 0 Å². The molecule has 0 atom stereocenters. The Morgan fingerprint density at radius 1 is 1.29 bits per heavy atom. The van der Waals surface area contributed by atoms with Gasteiger partial charge in [0.2, 0.25) is 0 Å². The van der Waals surface area contributed by atoms with Crippen molar-refractivity contribution in [2.45, 2.75) is 13.5 Å². The Hall–Kier alpha value is -2.93. The van der Waals surface area contributed by atoms with Crippen molar-refractivity contribution in [2.75, 3.05) is 0 Å². The van der Waals surface area contributed by atoms with E-state index < -0.39 is 4.92 Å². The maximum atomic E-state index is 12.2. The van der Waals surface area contributed by atoms with Crippen molar-refractivity contribution >= 4 is 22.9 Å². The van der Waals surface area contributed by atoms with Gasteiger partial charge in [0.05, 0.1) is 16.3 Å². The molecule has 0 aliphatic rings. The van der Waals surface area contributed by atoms with Gasteiger partial charge in [-0.05, 0) is 36.6 Å². The highest BCUT2D eigenvalue weighted by molar-refractivity contribution is 7.13. The molecule has 24 heavy (non-hydrogen) atoms. The second kappa shape index (κ2) is 6.67. The minimum absolute atomic E-state index is 0.0689. The van der Waals surface area contributed by atoms with Gasteiger partial charge in [0.25, 0.3) is 11.6 Å². The van der Waals surface area contributed by atoms with Gasteiger partial charge in [-0.1, -0.05) is 12.1 Å². The van der Waals surface area contributed by atoms with Crippen LogP contribution in [0, 0.1) is 17.0 Å². The molecular formula is C17H14N2O4S. The van der Waals surface area contributed by atoms with Crippen LogP contribution in [-0.4, -0.2) is 10.8 Å². The van der Waals surface area contributed by atoms with Gasteiger partial charge in [-0.3, -0.25) is 14.9 Å². The molecule has 0 saturated carbocycles. The van der Waals surface area contributed by atoms with Crippen molar-refractivity contribution in [1.82, 2.24) is 5.32 Å². The third kappa shape index (κ3) is 3.36. The summed E-state index contributed by atoms with van der Waals surface area (Å²) in [7, 11) is 0. The van der Waals surface area contributed by atoms with E-state index in [1.165, 1.54) is 6.07 Å². The second-order valence-corrected chi connectivity index (χ2v) is 6.13. The van der Waals surface area contributed by atoms with E-state index in [1.807, 2.05) is 23.6 Å². The molecule has 7 heteroatoms. The molecule has 0 bridgehead atoms. The fourth-order valence-corrected chi connectivity index (χ4v) is 2.93. The van der Waals surface area contributed by atoms with Gasteiger partial charge in [0, 0.05) is 17.2 Å². The zero-order valence-corrected chi connectivity index (χ0v) is 13.6. The molecule has 0 spiro atoms. The molecule has 1 amide bonds. The molecule has 2 heterocycles. The highest BCUT2D eigenvalue weighted by Crippen LogP contribution is 2.26. The molecular weight excluding hydrogens is 328 g/mol. The molecule has 3 rings (SSSR count). The van der Waals surface area contributed by atoms with Gasteiger partial charge in [0.15, 0.2) is 0 Å². The van der Waals surface area contributed by atoms with Crippen molar-refractivity contribution in [1.29, 1.82) is 0 Å². The highest BCUT2D eigenvalue weighted by Gasteiger charge is 2.15. The average Bonchev–Trinajstić information content (AvgIpc) is 3.24. The number of carbonyl (C=O) groups excluding carboxylic acids is 1. The molecule has 2 aromatic heterocycles. The summed E-state index contributed by atoms with van der Waals surface area (Å²) in [5, 5.41) is 15.6. The van der Waals surface area contributed by atoms with Crippen LogP contribution in [-0.2, 0) is 6.54 Å². The lowest BCUT2D eigenvalue weighted by molar-refractivity contribution is -0.385. The van der Waals surface area contributed by atoms with Crippen LogP contribution in [0.5, 0.6) is 0 Å². The average molecular weight is 342 g/mol. The van der Waals surface area contributed by atoms with Crippen molar-refractivity contribution in [2.24, 2.45) is 0 Å². The van der Waals surface area contributed by atoms with Crippen LogP contribution in [0.15, 0.2) is 52.3 Å². The van der Waals surface area contributed by atoms with E-state index in [9.17, 15) is 14.9 Å². The standard InChI is InChI=1S/C17H14N2O4S/c1-11-4-5-12(9-14(11)19(21)22)17(20)18-10-13-6-7-15(23-13)16-3-2-8-24-16/h2-9H,10H2,1H3,(H,18,20). The number of carbonyl (C=O) groups is 1. The summed E-state index contributed by atoms with van der Waals surface area (Å²) < 4.78 is 5.68. The van der Waals surface area contributed by atoms with Gasteiger partial charge >= 0.3 is 0 Å². The van der Waals surface area contributed by atoms with Crippen molar-refractivity contribution < 1.29 is 14.1 Å². The summed E-state index contributed by atoms with van der Waals surface area (Å²) in [5.74, 6) is 0.987. The fraction of sp³-hybridized carbons (Fsp3) is 0.118. The Kier molecular flexibility index (Phi) is 4.43. The third-order valence-electron chi connectivity index (χ3n) is 3.52. The number of hydrogen-bond acceptors (Lipinski definition) is 5. The maximum Gasteiger partial charge on any atom is 0.273 e. The predicted molar refractivity (Wildman–Crippen MR) is 91.0 cm³/mol. The van der Waals surface area contributed by atoms with E-state index in [2.05, 4.69) is 5.32 Å². The molecule has 0 aliphatic carbocycles. The Labute approximate surface area is 141 Å². The summed E-state index contributed by atoms with van der Waals surface area (Å²) in [6.45, 7) is 1.85. The number of thiophene rings is 1. The third-order valence-corrected chi connectivity index (χ3v) is 4.40. The van der Waals surface area contributed by atoms with Crippen LogP contribution in [0.4, 0.5) is 5.69 Å². The van der Waals surface area contributed by atoms with E-state index in [0.717, 1.165) is 10.6 Å². The van der Waals surface area contributed by atoms with Crippen LogP contribution in [0.1, 0.15) is 21.7 Å². The second-order valence-electron chi connectivity index (χ2n) is 5.18. The van der Waals surface area contributed by atoms with E-state index in [1.54, 1.807) is 36.5 Å². The Morgan fingerprint density at radius 2 is 2.12 bits per heavy atom. The monoisotopic (exact) mass is 342 g/mol. The Bertz CT molecular complexity index is 884. The number of rotatable bonds is 5. The molecule has 3 aromatic rings. The van der Waals surface area contributed by atoms with Gasteiger partial charge in [0.1, 0.15) is 11.5 Å². The molecule has 0 aliphatic heterocycles. The number of benzene rings is 1. The number of hydrogen-bond donors (Lipinski definition) is 1. The van der Waals surface area contributed by atoms with Crippen molar-refractivity contribution in [3.05, 3.63) is 74.8 Å². The summed E-state index contributed by atoms with van der Waals surface area (Å²) >= 11 is 1.57. The highest BCUT2D eigenvalue weighted by atomic mass is 32.1. The lowest BCUT2D eigenvalue weighted by Crippen LogP contribution is -2.22. The normalized spacial score (nSPS) is 10.5. The first-order chi connectivity index (χ1) is 11.5.